The first-order valence-corrected chi connectivity index (χ1v) is 8.54. The fourth-order valence-corrected chi connectivity index (χ4v) is 3.04. The molecule has 0 radical (unpaired) electrons. The summed E-state index contributed by atoms with van der Waals surface area (Å²) in [5, 5.41) is 3.63. The molecule has 2 aromatic carbocycles. The van der Waals surface area contributed by atoms with Crippen LogP contribution in [0.1, 0.15) is 29.3 Å². The molecule has 0 aliphatic rings. The number of hydrogen-bond acceptors (Lipinski definition) is 2. The first-order chi connectivity index (χ1) is 12.1. The second kappa shape index (κ2) is 7.99. The maximum absolute atomic E-state index is 12.5. The number of halogens is 1. The summed E-state index contributed by atoms with van der Waals surface area (Å²) in [7, 11) is 1.91. The van der Waals surface area contributed by atoms with E-state index in [1.54, 1.807) is 6.20 Å². The average Bonchev–Trinajstić information content (AvgIpc) is 3.03. The van der Waals surface area contributed by atoms with Crippen molar-refractivity contribution >= 4 is 17.5 Å². The van der Waals surface area contributed by atoms with Gasteiger partial charge in [-0.1, -0.05) is 54.1 Å². The number of rotatable bonds is 6. The predicted octanol–water partition coefficient (Wildman–Crippen LogP) is 3.91. The molecule has 0 unspecified atom stereocenters. The Labute approximate surface area is 152 Å². The Morgan fingerprint density at radius 1 is 1.16 bits per heavy atom. The van der Waals surface area contributed by atoms with E-state index in [-0.39, 0.29) is 11.8 Å². The Morgan fingerprint density at radius 3 is 2.60 bits per heavy atom. The lowest BCUT2D eigenvalue weighted by atomic mass is 9.88. The van der Waals surface area contributed by atoms with Crippen molar-refractivity contribution in [2.24, 2.45) is 7.05 Å². The molecular formula is C20H20ClN3O. The zero-order valence-corrected chi connectivity index (χ0v) is 14.8. The number of carbonyl (C=O) groups excluding carboxylic acids is 1. The molecule has 4 nitrogen and oxygen atoms in total. The van der Waals surface area contributed by atoms with Crippen molar-refractivity contribution < 1.29 is 4.79 Å². The highest BCUT2D eigenvalue weighted by Crippen LogP contribution is 2.29. The van der Waals surface area contributed by atoms with Gasteiger partial charge < -0.3 is 9.88 Å². The van der Waals surface area contributed by atoms with Crippen LogP contribution in [0.4, 0.5) is 0 Å². The van der Waals surface area contributed by atoms with Gasteiger partial charge in [0.2, 0.25) is 5.91 Å². The van der Waals surface area contributed by atoms with Crippen molar-refractivity contribution in [3.05, 3.63) is 89.0 Å². The number of nitrogens with one attached hydrogen (secondary N) is 1. The number of aryl methyl sites for hydroxylation is 1. The number of amides is 1. The predicted molar refractivity (Wildman–Crippen MR) is 99.4 cm³/mol. The minimum atomic E-state index is -0.0405. The molecule has 0 saturated carbocycles. The summed E-state index contributed by atoms with van der Waals surface area (Å²) in [5.41, 5.74) is 2.13. The van der Waals surface area contributed by atoms with Gasteiger partial charge in [0.25, 0.3) is 0 Å². The quantitative estimate of drug-likeness (QED) is 0.730. The van der Waals surface area contributed by atoms with Gasteiger partial charge in [-0.25, -0.2) is 4.98 Å². The monoisotopic (exact) mass is 353 g/mol. The van der Waals surface area contributed by atoms with Crippen LogP contribution in [-0.4, -0.2) is 15.5 Å². The first kappa shape index (κ1) is 17.2. The molecule has 0 spiro atoms. The van der Waals surface area contributed by atoms with E-state index in [9.17, 15) is 4.79 Å². The molecule has 0 bridgehead atoms. The summed E-state index contributed by atoms with van der Waals surface area (Å²) in [6.45, 7) is 0.416. The maximum Gasteiger partial charge on any atom is 0.221 e. The van der Waals surface area contributed by atoms with Crippen LogP contribution in [0.15, 0.2) is 67.0 Å². The molecule has 1 N–H and O–H groups in total. The third-order valence-electron chi connectivity index (χ3n) is 4.21. The summed E-state index contributed by atoms with van der Waals surface area (Å²) in [6, 6.07) is 17.7. The molecule has 0 saturated heterocycles. The molecule has 3 rings (SSSR count). The minimum Gasteiger partial charge on any atom is -0.349 e. The Morgan fingerprint density at radius 2 is 1.92 bits per heavy atom. The highest BCUT2D eigenvalue weighted by atomic mass is 35.5. The maximum atomic E-state index is 12.5. The molecule has 1 atom stereocenters. The summed E-state index contributed by atoms with van der Waals surface area (Å²) in [5.74, 6) is 0.769. The van der Waals surface area contributed by atoms with Gasteiger partial charge in [-0.15, -0.1) is 0 Å². The molecule has 25 heavy (non-hydrogen) atoms. The number of aromatic nitrogens is 2. The van der Waals surface area contributed by atoms with Gasteiger partial charge in [-0.05, 0) is 23.3 Å². The molecule has 1 heterocycles. The molecule has 3 aromatic rings. The zero-order valence-electron chi connectivity index (χ0n) is 14.0. The third kappa shape index (κ3) is 4.48. The second-order valence-electron chi connectivity index (χ2n) is 5.95. The SMILES string of the molecule is Cn1ccnc1CNC(=O)C[C@H](c1ccccc1)c1cccc(Cl)c1. The van der Waals surface area contributed by atoms with Gasteiger partial charge in [0.05, 0.1) is 6.54 Å². The number of hydrogen-bond donors (Lipinski definition) is 1. The number of imidazole rings is 1. The molecule has 0 aliphatic heterocycles. The Balaban J connectivity index is 1.76. The normalized spacial score (nSPS) is 11.9. The van der Waals surface area contributed by atoms with E-state index in [0.717, 1.165) is 17.0 Å². The lowest BCUT2D eigenvalue weighted by molar-refractivity contribution is -0.121. The smallest absolute Gasteiger partial charge is 0.221 e. The second-order valence-corrected chi connectivity index (χ2v) is 6.39. The minimum absolute atomic E-state index is 0.0168. The first-order valence-electron chi connectivity index (χ1n) is 8.17. The van der Waals surface area contributed by atoms with Gasteiger partial charge in [0.1, 0.15) is 5.82 Å². The van der Waals surface area contributed by atoms with Gasteiger partial charge in [-0.2, -0.15) is 0 Å². The lowest BCUT2D eigenvalue weighted by Gasteiger charge is -2.18. The van der Waals surface area contributed by atoms with Gasteiger partial charge in [-0.3, -0.25) is 4.79 Å². The highest BCUT2D eigenvalue weighted by Gasteiger charge is 2.18. The molecule has 1 aromatic heterocycles. The summed E-state index contributed by atoms with van der Waals surface area (Å²) < 4.78 is 1.89. The number of nitrogens with zero attached hydrogens (tertiary/aromatic N) is 2. The third-order valence-corrected chi connectivity index (χ3v) is 4.44. The number of benzene rings is 2. The van der Waals surface area contributed by atoms with Gasteiger partial charge in [0.15, 0.2) is 0 Å². The number of carbonyl (C=O) groups is 1. The van der Waals surface area contributed by atoms with Crippen LogP contribution < -0.4 is 5.32 Å². The van der Waals surface area contributed by atoms with Crippen molar-refractivity contribution in [3.8, 4) is 0 Å². The van der Waals surface area contributed by atoms with E-state index in [0.29, 0.717) is 18.0 Å². The molecule has 0 aliphatic carbocycles. The zero-order chi connectivity index (χ0) is 17.6. The molecule has 5 heteroatoms. The van der Waals surface area contributed by atoms with Crippen LogP contribution in [0.5, 0.6) is 0 Å². The molecule has 128 valence electrons. The Bertz CT molecular complexity index is 845. The van der Waals surface area contributed by atoms with Crippen LogP contribution in [-0.2, 0) is 18.4 Å². The van der Waals surface area contributed by atoms with E-state index in [1.807, 2.05) is 72.4 Å². The summed E-state index contributed by atoms with van der Waals surface area (Å²) in [4.78, 5) is 16.7. The van der Waals surface area contributed by atoms with Crippen molar-refractivity contribution in [1.82, 2.24) is 14.9 Å². The highest BCUT2D eigenvalue weighted by molar-refractivity contribution is 6.30. The fourth-order valence-electron chi connectivity index (χ4n) is 2.84. The van der Waals surface area contributed by atoms with E-state index >= 15 is 0 Å². The van der Waals surface area contributed by atoms with Crippen LogP contribution in [0.25, 0.3) is 0 Å². The molecule has 0 fully saturated rings. The van der Waals surface area contributed by atoms with Crippen molar-refractivity contribution in [3.63, 3.8) is 0 Å². The summed E-state index contributed by atoms with van der Waals surface area (Å²) >= 11 is 6.15. The van der Waals surface area contributed by atoms with Crippen LogP contribution >= 0.6 is 11.6 Å². The largest absolute Gasteiger partial charge is 0.349 e. The van der Waals surface area contributed by atoms with E-state index < -0.39 is 0 Å². The average molecular weight is 354 g/mol. The van der Waals surface area contributed by atoms with E-state index in [4.69, 9.17) is 11.6 Å². The van der Waals surface area contributed by atoms with Crippen molar-refractivity contribution in [1.29, 1.82) is 0 Å². The molecule has 1 amide bonds. The van der Waals surface area contributed by atoms with Gasteiger partial charge >= 0.3 is 0 Å². The van der Waals surface area contributed by atoms with Gasteiger partial charge in [0, 0.05) is 36.8 Å². The Hall–Kier alpha value is -2.59. The summed E-state index contributed by atoms with van der Waals surface area (Å²) in [6.07, 6.45) is 3.94. The standard InChI is InChI=1S/C20H20ClN3O/c1-24-11-10-22-19(24)14-23-20(25)13-18(15-6-3-2-4-7-15)16-8-5-9-17(21)12-16/h2-12,18H,13-14H2,1H3,(H,23,25)/t18-/m1/s1. The fraction of sp³-hybridized carbons (Fsp3) is 0.200. The van der Waals surface area contributed by atoms with Crippen LogP contribution in [0.3, 0.4) is 0 Å². The Kier molecular flexibility index (Phi) is 5.51. The van der Waals surface area contributed by atoms with Crippen molar-refractivity contribution in [2.45, 2.75) is 18.9 Å². The van der Waals surface area contributed by atoms with E-state index in [1.165, 1.54) is 0 Å². The topological polar surface area (TPSA) is 46.9 Å². The lowest BCUT2D eigenvalue weighted by Crippen LogP contribution is -2.26. The van der Waals surface area contributed by atoms with Crippen LogP contribution in [0.2, 0.25) is 5.02 Å². The van der Waals surface area contributed by atoms with E-state index in [2.05, 4.69) is 10.3 Å². The molecular weight excluding hydrogens is 334 g/mol. The van der Waals surface area contributed by atoms with Crippen LogP contribution in [0, 0.1) is 0 Å². The van der Waals surface area contributed by atoms with Crippen molar-refractivity contribution in [2.75, 3.05) is 0 Å².